The molecule has 1 heterocycles. The molecule has 98 valence electrons. The largest absolute Gasteiger partial charge is 0.493 e. The molecule has 1 aromatic carbocycles. The summed E-state index contributed by atoms with van der Waals surface area (Å²) in [5.41, 5.74) is 1.94. The molecule has 0 aliphatic rings. The van der Waals surface area contributed by atoms with Gasteiger partial charge in [-0.25, -0.2) is 0 Å². The Labute approximate surface area is 113 Å². The minimum atomic E-state index is -0.0442. The van der Waals surface area contributed by atoms with E-state index in [2.05, 4.69) is 4.98 Å². The number of carbonyl (C=O) groups is 1. The first-order chi connectivity index (χ1) is 9.24. The van der Waals surface area contributed by atoms with Gasteiger partial charge in [0.1, 0.15) is 5.75 Å². The van der Waals surface area contributed by atoms with Crippen molar-refractivity contribution in [3.05, 3.63) is 59.4 Å². The molecule has 0 bridgehead atoms. The van der Waals surface area contributed by atoms with Crippen molar-refractivity contribution >= 4 is 5.78 Å². The molecule has 19 heavy (non-hydrogen) atoms. The maximum atomic E-state index is 12.5. The van der Waals surface area contributed by atoms with Crippen LogP contribution < -0.4 is 4.74 Å². The number of ether oxygens (including phenoxy) is 1. The van der Waals surface area contributed by atoms with Crippen LogP contribution in [0.3, 0.4) is 0 Å². The molecule has 0 unspecified atom stereocenters. The number of benzene rings is 1. The molecule has 2 aromatic rings. The van der Waals surface area contributed by atoms with Gasteiger partial charge in [0.15, 0.2) is 5.78 Å². The van der Waals surface area contributed by atoms with Gasteiger partial charge in [0.25, 0.3) is 0 Å². The lowest BCUT2D eigenvalue weighted by atomic mass is 10.0. The summed E-state index contributed by atoms with van der Waals surface area (Å²) in [4.78, 5) is 16.7. The van der Waals surface area contributed by atoms with E-state index in [0.29, 0.717) is 23.5 Å². The summed E-state index contributed by atoms with van der Waals surface area (Å²) in [5, 5.41) is 0. The van der Waals surface area contributed by atoms with Crippen LogP contribution in [0.2, 0.25) is 0 Å². The Kier molecular flexibility index (Phi) is 4.29. The molecule has 0 amide bonds. The van der Waals surface area contributed by atoms with Crippen LogP contribution in [0.4, 0.5) is 0 Å². The number of aromatic nitrogens is 1. The Morgan fingerprint density at radius 1 is 1.16 bits per heavy atom. The third-order valence-electron chi connectivity index (χ3n) is 2.84. The molecule has 3 nitrogen and oxygen atoms in total. The Morgan fingerprint density at radius 2 is 1.89 bits per heavy atom. The van der Waals surface area contributed by atoms with Gasteiger partial charge < -0.3 is 4.74 Å². The molecular formula is C16H17NO2. The summed E-state index contributed by atoms with van der Waals surface area (Å²) in [7, 11) is 0. The summed E-state index contributed by atoms with van der Waals surface area (Å²) in [6.45, 7) is 4.48. The minimum Gasteiger partial charge on any atom is -0.493 e. The Bertz CT molecular complexity index is 578. The second-order valence-corrected chi connectivity index (χ2v) is 4.31. The summed E-state index contributed by atoms with van der Waals surface area (Å²) in [5.74, 6) is 0.593. The highest BCUT2D eigenvalue weighted by molar-refractivity contribution is 6.11. The number of aryl methyl sites for hydroxylation is 1. The summed E-state index contributed by atoms with van der Waals surface area (Å²) < 4.78 is 5.63. The molecule has 0 N–H and O–H groups in total. The van der Waals surface area contributed by atoms with E-state index in [1.807, 2.05) is 32.0 Å². The van der Waals surface area contributed by atoms with Crippen molar-refractivity contribution < 1.29 is 9.53 Å². The molecule has 0 aliphatic heterocycles. The van der Waals surface area contributed by atoms with Crippen LogP contribution >= 0.6 is 0 Å². The van der Waals surface area contributed by atoms with Gasteiger partial charge in [0, 0.05) is 17.5 Å². The fourth-order valence-electron chi connectivity index (χ4n) is 1.86. The van der Waals surface area contributed by atoms with Crippen LogP contribution in [-0.2, 0) is 0 Å². The number of para-hydroxylation sites is 1. The zero-order valence-corrected chi connectivity index (χ0v) is 11.2. The second kappa shape index (κ2) is 6.14. The van der Waals surface area contributed by atoms with Gasteiger partial charge in [-0.15, -0.1) is 0 Å². The van der Waals surface area contributed by atoms with Gasteiger partial charge >= 0.3 is 0 Å². The van der Waals surface area contributed by atoms with Crippen molar-refractivity contribution in [2.24, 2.45) is 0 Å². The lowest BCUT2D eigenvalue weighted by Gasteiger charge is -2.10. The highest BCUT2D eigenvalue weighted by Gasteiger charge is 2.16. The standard InChI is InChI=1S/C16H17NO2/c1-3-11-19-15-9-5-4-7-14(15)16(18)13-8-6-10-17-12(13)2/h4-10H,3,11H2,1-2H3. The van der Waals surface area contributed by atoms with Crippen molar-refractivity contribution in [3.63, 3.8) is 0 Å². The van der Waals surface area contributed by atoms with Gasteiger partial charge in [0.05, 0.1) is 12.2 Å². The summed E-state index contributed by atoms with van der Waals surface area (Å²) in [6, 6.07) is 10.9. The number of nitrogens with zero attached hydrogens (tertiary/aromatic N) is 1. The van der Waals surface area contributed by atoms with Crippen LogP contribution in [-0.4, -0.2) is 17.4 Å². The summed E-state index contributed by atoms with van der Waals surface area (Å²) >= 11 is 0. The van der Waals surface area contributed by atoms with Gasteiger partial charge in [-0.05, 0) is 37.6 Å². The van der Waals surface area contributed by atoms with Gasteiger partial charge in [-0.3, -0.25) is 9.78 Å². The van der Waals surface area contributed by atoms with E-state index >= 15 is 0 Å². The number of hydrogen-bond acceptors (Lipinski definition) is 3. The molecule has 0 saturated heterocycles. The average Bonchev–Trinajstić information content (AvgIpc) is 2.45. The van der Waals surface area contributed by atoms with E-state index in [9.17, 15) is 4.79 Å². The molecular weight excluding hydrogens is 238 g/mol. The first-order valence-electron chi connectivity index (χ1n) is 6.42. The van der Waals surface area contributed by atoms with E-state index in [1.165, 1.54) is 0 Å². The summed E-state index contributed by atoms with van der Waals surface area (Å²) in [6.07, 6.45) is 2.60. The lowest BCUT2D eigenvalue weighted by molar-refractivity contribution is 0.103. The molecule has 0 atom stereocenters. The topological polar surface area (TPSA) is 39.2 Å². The van der Waals surface area contributed by atoms with E-state index in [-0.39, 0.29) is 5.78 Å². The fraction of sp³-hybridized carbons (Fsp3) is 0.250. The molecule has 0 saturated carbocycles. The maximum absolute atomic E-state index is 12.5. The molecule has 0 radical (unpaired) electrons. The molecule has 0 fully saturated rings. The molecule has 3 heteroatoms. The predicted octanol–water partition coefficient (Wildman–Crippen LogP) is 3.41. The lowest BCUT2D eigenvalue weighted by Crippen LogP contribution is -2.08. The van der Waals surface area contributed by atoms with E-state index in [0.717, 1.165) is 12.1 Å². The Morgan fingerprint density at radius 3 is 2.63 bits per heavy atom. The maximum Gasteiger partial charge on any atom is 0.198 e. The first-order valence-corrected chi connectivity index (χ1v) is 6.42. The average molecular weight is 255 g/mol. The van der Waals surface area contributed by atoms with Crippen molar-refractivity contribution in [1.29, 1.82) is 0 Å². The predicted molar refractivity (Wildman–Crippen MR) is 74.6 cm³/mol. The molecule has 1 aromatic heterocycles. The van der Waals surface area contributed by atoms with Gasteiger partial charge in [-0.1, -0.05) is 19.1 Å². The normalized spacial score (nSPS) is 10.2. The highest BCUT2D eigenvalue weighted by atomic mass is 16.5. The van der Waals surface area contributed by atoms with Crippen LogP contribution in [0.5, 0.6) is 5.75 Å². The number of carbonyl (C=O) groups excluding carboxylic acids is 1. The quantitative estimate of drug-likeness (QED) is 0.768. The number of pyridine rings is 1. The third kappa shape index (κ3) is 2.99. The molecule has 2 rings (SSSR count). The van der Waals surface area contributed by atoms with Gasteiger partial charge in [-0.2, -0.15) is 0 Å². The zero-order valence-electron chi connectivity index (χ0n) is 11.2. The minimum absolute atomic E-state index is 0.0442. The van der Waals surface area contributed by atoms with Crippen molar-refractivity contribution in [1.82, 2.24) is 4.98 Å². The molecule has 0 spiro atoms. The monoisotopic (exact) mass is 255 g/mol. The van der Waals surface area contributed by atoms with Crippen LogP contribution in [0.25, 0.3) is 0 Å². The van der Waals surface area contributed by atoms with Crippen molar-refractivity contribution in [2.75, 3.05) is 6.61 Å². The van der Waals surface area contributed by atoms with E-state index in [1.54, 1.807) is 24.4 Å². The van der Waals surface area contributed by atoms with Crippen molar-refractivity contribution in [2.45, 2.75) is 20.3 Å². The number of hydrogen-bond donors (Lipinski definition) is 0. The van der Waals surface area contributed by atoms with Crippen LogP contribution in [0.1, 0.15) is 35.0 Å². The molecule has 0 aliphatic carbocycles. The smallest absolute Gasteiger partial charge is 0.198 e. The van der Waals surface area contributed by atoms with E-state index in [4.69, 9.17) is 4.74 Å². The highest BCUT2D eigenvalue weighted by Crippen LogP contribution is 2.22. The fourth-order valence-corrected chi connectivity index (χ4v) is 1.86. The first kappa shape index (κ1) is 13.3. The SMILES string of the molecule is CCCOc1ccccc1C(=O)c1cccnc1C. The second-order valence-electron chi connectivity index (χ2n) is 4.31. The number of rotatable bonds is 5. The third-order valence-corrected chi connectivity index (χ3v) is 2.84. The Balaban J connectivity index is 2.36. The van der Waals surface area contributed by atoms with E-state index < -0.39 is 0 Å². The number of ketones is 1. The van der Waals surface area contributed by atoms with Gasteiger partial charge in [0.2, 0.25) is 0 Å². The van der Waals surface area contributed by atoms with Crippen LogP contribution in [0, 0.1) is 6.92 Å². The van der Waals surface area contributed by atoms with Crippen LogP contribution in [0.15, 0.2) is 42.6 Å². The zero-order chi connectivity index (χ0) is 13.7. The van der Waals surface area contributed by atoms with Crippen molar-refractivity contribution in [3.8, 4) is 5.75 Å². The Hall–Kier alpha value is -2.16.